The number of aromatic nitrogens is 1. The molecule has 0 aliphatic heterocycles. The van der Waals surface area contributed by atoms with Crippen molar-refractivity contribution in [2.45, 2.75) is 6.92 Å². The van der Waals surface area contributed by atoms with E-state index >= 15 is 0 Å². The van der Waals surface area contributed by atoms with Crippen molar-refractivity contribution < 1.29 is 0 Å². The molecular formula is C6H5Br2ClN2. The number of anilines is 1. The molecule has 1 heterocycles. The molecule has 1 aromatic heterocycles. The van der Waals surface area contributed by atoms with Gasteiger partial charge in [-0.05, 0) is 38.8 Å². The Morgan fingerprint density at radius 3 is 2.55 bits per heavy atom. The SMILES string of the molecule is Cc1c(Cl)nc(Br)c(N)c1Br. The summed E-state index contributed by atoms with van der Waals surface area (Å²) in [6, 6.07) is 0. The number of nitrogens with zero attached hydrogens (tertiary/aromatic N) is 1. The largest absolute Gasteiger partial charge is 0.396 e. The van der Waals surface area contributed by atoms with E-state index in [-0.39, 0.29) is 0 Å². The highest BCUT2D eigenvalue weighted by Crippen LogP contribution is 2.32. The number of nitrogen functional groups attached to an aromatic ring is 1. The van der Waals surface area contributed by atoms with Gasteiger partial charge in [-0.15, -0.1) is 0 Å². The predicted octanol–water partition coefficient (Wildman–Crippen LogP) is 3.15. The number of rotatable bonds is 0. The van der Waals surface area contributed by atoms with Gasteiger partial charge in [-0.25, -0.2) is 4.98 Å². The van der Waals surface area contributed by atoms with E-state index in [1.165, 1.54) is 0 Å². The van der Waals surface area contributed by atoms with E-state index in [9.17, 15) is 0 Å². The molecule has 0 aliphatic carbocycles. The molecule has 0 spiro atoms. The van der Waals surface area contributed by atoms with Crippen molar-refractivity contribution in [3.8, 4) is 0 Å². The number of halogens is 3. The maximum Gasteiger partial charge on any atom is 0.134 e. The van der Waals surface area contributed by atoms with Gasteiger partial charge >= 0.3 is 0 Å². The molecule has 1 aromatic rings. The second-order valence-corrected chi connectivity index (χ2v) is 3.95. The molecule has 0 aromatic carbocycles. The first-order valence-corrected chi connectivity index (χ1v) is 4.77. The van der Waals surface area contributed by atoms with Crippen molar-refractivity contribution in [3.05, 3.63) is 19.8 Å². The fraction of sp³-hybridized carbons (Fsp3) is 0.167. The lowest BCUT2D eigenvalue weighted by atomic mass is 10.3. The van der Waals surface area contributed by atoms with Crippen LogP contribution in [0.3, 0.4) is 0 Å². The lowest BCUT2D eigenvalue weighted by molar-refractivity contribution is 1.22. The summed E-state index contributed by atoms with van der Waals surface area (Å²) in [5.41, 5.74) is 7.07. The average Bonchev–Trinajstić information content (AvgIpc) is 1.97. The van der Waals surface area contributed by atoms with Gasteiger partial charge in [0, 0.05) is 10.0 Å². The van der Waals surface area contributed by atoms with Gasteiger partial charge in [0.05, 0.1) is 5.69 Å². The summed E-state index contributed by atoms with van der Waals surface area (Å²) in [6.07, 6.45) is 0. The molecule has 1 rings (SSSR count). The fourth-order valence-corrected chi connectivity index (χ4v) is 2.03. The van der Waals surface area contributed by atoms with Gasteiger partial charge in [0.15, 0.2) is 0 Å². The Hall–Kier alpha value is 0.200. The highest BCUT2D eigenvalue weighted by atomic mass is 79.9. The third-order valence-electron chi connectivity index (χ3n) is 1.29. The molecule has 0 fully saturated rings. The number of nitrogens with two attached hydrogens (primary N) is 1. The van der Waals surface area contributed by atoms with Crippen molar-refractivity contribution in [2.24, 2.45) is 0 Å². The Morgan fingerprint density at radius 1 is 1.45 bits per heavy atom. The van der Waals surface area contributed by atoms with Crippen LogP contribution in [-0.2, 0) is 0 Å². The van der Waals surface area contributed by atoms with Gasteiger partial charge in [-0.1, -0.05) is 11.6 Å². The van der Waals surface area contributed by atoms with Crippen LogP contribution in [0.1, 0.15) is 5.56 Å². The number of hydrogen-bond donors (Lipinski definition) is 1. The zero-order valence-corrected chi connectivity index (χ0v) is 9.59. The summed E-state index contributed by atoms with van der Waals surface area (Å²) in [7, 11) is 0. The van der Waals surface area contributed by atoms with Gasteiger partial charge in [-0.3, -0.25) is 0 Å². The lowest BCUT2D eigenvalue weighted by Gasteiger charge is -2.05. The summed E-state index contributed by atoms with van der Waals surface area (Å²) < 4.78 is 1.37. The quantitative estimate of drug-likeness (QED) is 0.748. The summed E-state index contributed by atoms with van der Waals surface area (Å²) in [4.78, 5) is 3.96. The van der Waals surface area contributed by atoms with Crippen molar-refractivity contribution in [1.82, 2.24) is 4.98 Å². The van der Waals surface area contributed by atoms with Gasteiger partial charge in [0.2, 0.25) is 0 Å². The molecule has 0 saturated heterocycles. The van der Waals surface area contributed by atoms with Crippen molar-refractivity contribution in [2.75, 3.05) is 5.73 Å². The monoisotopic (exact) mass is 298 g/mol. The first-order chi connectivity index (χ1) is 5.04. The third kappa shape index (κ3) is 1.68. The van der Waals surface area contributed by atoms with Crippen LogP contribution in [0, 0.1) is 6.92 Å². The molecule has 11 heavy (non-hydrogen) atoms. The minimum absolute atomic E-state index is 0.456. The maximum absolute atomic E-state index is 5.76. The Kier molecular flexibility index (Phi) is 2.78. The van der Waals surface area contributed by atoms with Crippen molar-refractivity contribution >= 4 is 49.1 Å². The molecule has 0 bridgehead atoms. The molecule has 0 aliphatic rings. The second-order valence-electron chi connectivity index (χ2n) is 2.05. The predicted molar refractivity (Wildman–Crippen MR) is 53.8 cm³/mol. The lowest BCUT2D eigenvalue weighted by Crippen LogP contribution is -1.94. The van der Waals surface area contributed by atoms with Gasteiger partial charge in [0.1, 0.15) is 9.76 Å². The van der Waals surface area contributed by atoms with Crippen LogP contribution in [0.15, 0.2) is 9.08 Å². The van der Waals surface area contributed by atoms with Crippen LogP contribution in [0.2, 0.25) is 5.15 Å². The van der Waals surface area contributed by atoms with Gasteiger partial charge < -0.3 is 5.73 Å². The minimum Gasteiger partial charge on any atom is -0.396 e. The van der Waals surface area contributed by atoms with E-state index in [2.05, 4.69) is 36.8 Å². The van der Waals surface area contributed by atoms with E-state index in [0.717, 1.165) is 10.0 Å². The molecule has 0 atom stereocenters. The Morgan fingerprint density at radius 2 is 2.00 bits per heavy atom. The second kappa shape index (κ2) is 3.29. The Bertz CT molecular complexity index is 275. The number of hydrogen-bond acceptors (Lipinski definition) is 2. The van der Waals surface area contributed by atoms with Crippen LogP contribution in [-0.4, -0.2) is 4.98 Å². The molecule has 2 N–H and O–H groups in total. The van der Waals surface area contributed by atoms with Crippen molar-refractivity contribution in [1.29, 1.82) is 0 Å². The van der Waals surface area contributed by atoms with Crippen LogP contribution >= 0.6 is 43.5 Å². The first-order valence-electron chi connectivity index (χ1n) is 2.80. The van der Waals surface area contributed by atoms with Crippen LogP contribution < -0.4 is 5.73 Å². The molecule has 0 radical (unpaired) electrons. The summed E-state index contributed by atoms with van der Waals surface area (Å²) in [5.74, 6) is 0. The van der Waals surface area contributed by atoms with E-state index in [1.54, 1.807) is 0 Å². The molecule has 5 heteroatoms. The topological polar surface area (TPSA) is 38.9 Å². The molecule has 0 saturated carbocycles. The van der Waals surface area contributed by atoms with E-state index in [4.69, 9.17) is 17.3 Å². The van der Waals surface area contributed by atoms with Gasteiger partial charge in [-0.2, -0.15) is 0 Å². The fourth-order valence-electron chi connectivity index (χ4n) is 0.613. The maximum atomic E-state index is 5.76. The molecular weight excluding hydrogens is 295 g/mol. The third-order valence-corrected chi connectivity index (χ3v) is 3.29. The van der Waals surface area contributed by atoms with Gasteiger partial charge in [0.25, 0.3) is 0 Å². The van der Waals surface area contributed by atoms with Crippen LogP contribution in [0.4, 0.5) is 5.69 Å². The van der Waals surface area contributed by atoms with E-state index in [1.807, 2.05) is 6.92 Å². The molecule has 0 unspecified atom stereocenters. The van der Waals surface area contributed by atoms with Crippen molar-refractivity contribution in [3.63, 3.8) is 0 Å². The van der Waals surface area contributed by atoms with Crippen LogP contribution in [0.25, 0.3) is 0 Å². The standard InChI is InChI=1S/C6H5Br2ClN2/c1-2-3(7)4(10)5(8)11-6(2)9/h10H2,1H3. The minimum atomic E-state index is 0.456. The zero-order valence-electron chi connectivity index (χ0n) is 5.66. The van der Waals surface area contributed by atoms with Crippen LogP contribution in [0.5, 0.6) is 0 Å². The summed E-state index contributed by atoms with van der Waals surface area (Å²) in [5, 5.41) is 0.456. The number of pyridine rings is 1. The smallest absolute Gasteiger partial charge is 0.134 e. The Labute approximate surface area is 86.4 Å². The summed E-state index contributed by atoms with van der Waals surface area (Å²) in [6.45, 7) is 1.85. The zero-order chi connectivity index (χ0) is 8.59. The molecule has 0 amide bonds. The Balaban J connectivity index is 3.46. The highest BCUT2D eigenvalue weighted by molar-refractivity contribution is 9.11. The summed E-state index contributed by atoms with van der Waals surface area (Å²) >= 11 is 12.2. The van der Waals surface area contributed by atoms with E-state index < -0.39 is 0 Å². The normalized spacial score (nSPS) is 10.2. The average molecular weight is 300 g/mol. The first kappa shape index (κ1) is 9.29. The highest BCUT2D eigenvalue weighted by Gasteiger charge is 2.09. The molecule has 2 nitrogen and oxygen atoms in total. The van der Waals surface area contributed by atoms with E-state index in [0.29, 0.717) is 15.4 Å². The molecule has 60 valence electrons.